The molecule has 1 amide bonds. The van der Waals surface area contributed by atoms with Crippen molar-refractivity contribution in [3.8, 4) is 17.6 Å². The summed E-state index contributed by atoms with van der Waals surface area (Å²) in [6.45, 7) is 10.8. The lowest BCUT2D eigenvalue weighted by Gasteiger charge is -2.48. The quantitative estimate of drug-likeness (QED) is 0.0367. The number of phenols is 1. The first-order valence-electron chi connectivity index (χ1n) is 20.4. The largest absolute Gasteiger partial charge is 0.508 e. The van der Waals surface area contributed by atoms with Gasteiger partial charge >= 0.3 is 11.9 Å². The van der Waals surface area contributed by atoms with E-state index in [9.17, 15) is 23.9 Å². The summed E-state index contributed by atoms with van der Waals surface area (Å²) in [6, 6.07) is 36.7. The van der Waals surface area contributed by atoms with Gasteiger partial charge in [-0.15, -0.1) is 0 Å². The summed E-state index contributed by atoms with van der Waals surface area (Å²) >= 11 is 3.48. The zero-order chi connectivity index (χ0) is 43.7. The van der Waals surface area contributed by atoms with Crippen LogP contribution in [0.15, 0.2) is 132 Å². The second-order valence-electron chi connectivity index (χ2n) is 16.8. The number of carbonyl (C=O) groups excluding carboxylic acids is 3. The van der Waals surface area contributed by atoms with Gasteiger partial charge in [0, 0.05) is 27.7 Å². The lowest BCUT2D eigenvalue weighted by Crippen LogP contribution is -2.55. The predicted octanol–water partition coefficient (Wildman–Crippen LogP) is 11.4. The van der Waals surface area contributed by atoms with E-state index < -0.39 is 38.1 Å². The number of hydrogen-bond acceptors (Lipinski definition) is 7. The Balaban J connectivity index is 1.23. The van der Waals surface area contributed by atoms with Gasteiger partial charge in [0.2, 0.25) is 5.91 Å². The van der Waals surface area contributed by atoms with Crippen LogP contribution < -0.4 is 4.90 Å². The number of rotatable bonds is 15. The van der Waals surface area contributed by atoms with Crippen LogP contribution in [-0.4, -0.2) is 31.3 Å². The van der Waals surface area contributed by atoms with Crippen LogP contribution in [0.2, 0.25) is 18.1 Å². The molecular formula is C50H51BrFNO7Si. The van der Waals surface area contributed by atoms with Crippen molar-refractivity contribution < 1.29 is 37.8 Å². The molecule has 61 heavy (non-hydrogen) atoms. The molecule has 0 aromatic heterocycles. The molecule has 0 spiro atoms. The van der Waals surface area contributed by atoms with Crippen LogP contribution >= 0.6 is 15.9 Å². The van der Waals surface area contributed by atoms with Gasteiger partial charge in [-0.1, -0.05) is 127 Å². The molecule has 1 N–H and O–H groups in total. The summed E-state index contributed by atoms with van der Waals surface area (Å²) in [5, 5.41) is 11.5. The molecule has 11 heteroatoms. The average Bonchev–Trinajstić information content (AvgIpc) is 3.24. The normalized spacial score (nSPS) is 15.7. The zero-order valence-corrected chi connectivity index (χ0v) is 37.7. The third-order valence-corrected chi connectivity index (χ3v) is 16.5. The summed E-state index contributed by atoms with van der Waals surface area (Å²) < 4.78 is 32.8. The second kappa shape index (κ2) is 19.9. The van der Waals surface area contributed by atoms with Crippen LogP contribution in [0.25, 0.3) is 0 Å². The number of amides is 1. The van der Waals surface area contributed by atoms with Crippen molar-refractivity contribution >= 4 is 47.8 Å². The van der Waals surface area contributed by atoms with Crippen molar-refractivity contribution in [3.05, 3.63) is 166 Å². The van der Waals surface area contributed by atoms with Crippen LogP contribution in [0.5, 0.6) is 5.75 Å². The molecule has 1 heterocycles. The number of ether oxygens (including phenoxy) is 2. The van der Waals surface area contributed by atoms with E-state index in [1.54, 1.807) is 29.2 Å². The maximum Gasteiger partial charge on any atom is 0.321 e. The number of esters is 2. The lowest BCUT2D eigenvalue weighted by atomic mass is 9.77. The first-order valence-corrected chi connectivity index (χ1v) is 24.1. The molecule has 1 saturated heterocycles. The molecule has 5 aromatic rings. The molecule has 6 rings (SSSR count). The molecule has 0 saturated carbocycles. The van der Waals surface area contributed by atoms with Crippen LogP contribution in [0, 0.1) is 29.5 Å². The molecule has 8 nitrogen and oxygen atoms in total. The fourth-order valence-electron chi connectivity index (χ4n) is 6.96. The van der Waals surface area contributed by atoms with E-state index in [1.165, 1.54) is 18.2 Å². The summed E-state index contributed by atoms with van der Waals surface area (Å²) in [6.07, 6.45) is 0.424. The SMILES string of the molecule is CC(C)(C)[Si](C)(C)O[C@@H](CC[C@H]1C(=O)N(c2ccc(Br)cc2)[C@@H]1c1ccc(C#CCC(C(=O)OCc2ccccc2)C(=O)OCc2ccccc2)cc1O)c1ccc(F)cc1. The summed E-state index contributed by atoms with van der Waals surface area (Å²) in [4.78, 5) is 42.3. The van der Waals surface area contributed by atoms with Crippen LogP contribution in [0.3, 0.4) is 0 Å². The van der Waals surface area contributed by atoms with Gasteiger partial charge < -0.3 is 23.9 Å². The molecule has 1 aliphatic rings. The van der Waals surface area contributed by atoms with E-state index in [4.69, 9.17) is 13.9 Å². The minimum absolute atomic E-state index is 0.0105. The Labute approximate surface area is 367 Å². The smallest absolute Gasteiger partial charge is 0.321 e. The molecule has 0 unspecified atom stereocenters. The number of anilines is 1. The maximum absolute atomic E-state index is 14.1. The zero-order valence-electron chi connectivity index (χ0n) is 35.1. The maximum atomic E-state index is 14.1. The summed E-state index contributed by atoms with van der Waals surface area (Å²) in [5.74, 6) is 2.18. The Morgan fingerprint density at radius 2 is 1.41 bits per heavy atom. The first-order chi connectivity index (χ1) is 29.1. The van der Waals surface area contributed by atoms with Crippen LogP contribution in [0.1, 0.15) is 80.0 Å². The molecular weight excluding hydrogens is 854 g/mol. The lowest BCUT2D eigenvalue weighted by molar-refractivity contribution is -0.163. The fraction of sp³-hybridized carbons (Fsp3) is 0.300. The van der Waals surface area contributed by atoms with Gasteiger partial charge in [0.15, 0.2) is 14.2 Å². The highest BCUT2D eigenvalue weighted by Crippen LogP contribution is 2.50. The van der Waals surface area contributed by atoms with E-state index in [-0.39, 0.29) is 48.3 Å². The van der Waals surface area contributed by atoms with Crippen LogP contribution in [0.4, 0.5) is 10.1 Å². The predicted molar refractivity (Wildman–Crippen MR) is 240 cm³/mol. The van der Waals surface area contributed by atoms with Gasteiger partial charge in [-0.2, -0.15) is 0 Å². The highest BCUT2D eigenvalue weighted by atomic mass is 79.9. The number of benzene rings is 5. The van der Waals surface area contributed by atoms with Crippen LogP contribution in [-0.2, 0) is 41.5 Å². The summed E-state index contributed by atoms with van der Waals surface area (Å²) in [5.41, 5.74) is 4.08. The van der Waals surface area contributed by atoms with E-state index in [1.807, 2.05) is 84.9 Å². The Morgan fingerprint density at radius 3 is 1.95 bits per heavy atom. The molecule has 1 aliphatic heterocycles. The number of hydrogen-bond donors (Lipinski definition) is 1. The number of phenolic OH excluding ortho intramolecular Hbond substituents is 1. The van der Waals surface area contributed by atoms with Gasteiger partial charge in [-0.3, -0.25) is 14.4 Å². The molecule has 3 atom stereocenters. The third-order valence-electron chi connectivity index (χ3n) is 11.4. The molecule has 0 radical (unpaired) electrons. The minimum Gasteiger partial charge on any atom is -0.508 e. The van der Waals surface area contributed by atoms with Crippen molar-refractivity contribution in [1.82, 2.24) is 0 Å². The number of halogens is 2. The van der Waals surface area contributed by atoms with Gasteiger partial charge in [-0.25, -0.2) is 4.39 Å². The molecule has 0 bridgehead atoms. The number of aromatic hydroxyl groups is 1. The Morgan fingerprint density at radius 1 is 0.836 bits per heavy atom. The van der Waals surface area contributed by atoms with Crippen molar-refractivity contribution in [2.75, 3.05) is 4.90 Å². The minimum atomic E-state index is -2.28. The monoisotopic (exact) mass is 903 g/mol. The second-order valence-corrected chi connectivity index (χ2v) is 22.4. The van der Waals surface area contributed by atoms with E-state index >= 15 is 0 Å². The molecule has 316 valence electrons. The summed E-state index contributed by atoms with van der Waals surface area (Å²) in [7, 11) is -2.28. The third kappa shape index (κ3) is 11.4. The number of carbonyl (C=O) groups is 3. The van der Waals surface area contributed by atoms with E-state index in [2.05, 4.69) is 61.6 Å². The first kappa shape index (κ1) is 45.0. The van der Waals surface area contributed by atoms with Crippen molar-refractivity contribution in [1.29, 1.82) is 0 Å². The Bertz CT molecular complexity index is 2300. The standard InChI is InChI=1S/C50H51BrFNO7Si/c1-50(2,3)61(4,5)60-45(37-20-24-39(52)25-21-37)30-29-42-46(53(47(42)55)40-26-22-38(51)23-27-40)41-28-19-34(31-44(41)54)17-12-18-43(48(56)58-32-35-13-8-6-9-14-35)49(57)59-33-36-15-10-7-11-16-36/h6-11,13-16,19-28,31,42-43,45-46,54H,18,29-30,32-33H2,1-5H3/t42-,45+,46-/m1/s1. The molecule has 0 aliphatic carbocycles. The van der Waals surface area contributed by atoms with Gasteiger partial charge in [0.05, 0.1) is 18.1 Å². The van der Waals surface area contributed by atoms with Gasteiger partial charge in [-0.05, 0) is 96.2 Å². The van der Waals surface area contributed by atoms with Gasteiger partial charge in [0.25, 0.3) is 0 Å². The highest BCUT2D eigenvalue weighted by Gasteiger charge is 2.50. The Hall–Kier alpha value is -5.54. The van der Waals surface area contributed by atoms with E-state index in [0.717, 1.165) is 21.2 Å². The molecule has 5 aromatic carbocycles. The Kier molecular flexibility index (Phi) is 14.7. The number of nitrogens with zero attached hydrogens (tertiary/aromatic N) is 1. The van der Waals surface area contributed by atoms with Crippen molar-refractivity contribution in [2.24, 2.45) is 11.8 Å². The highest BCUT2D eigenvalue weighted by molar-refractivity contribution is 9.10. The molecule has 1 fully saturated rings. The van der Waals surface area contributed by atoms with E-state index in [0.29, 0.717) is 29.7 Å². The number of β-lactam (4-membered cyclic amide) rings is 1. The van der Waals surface area contributed by atoms with Crippen molar-refractivity contribution in [2.45, 2.75) is 83.5 Å². The topological polar surface area (TPSA) is 102 Å². The average molecular weight is 905 g/mol. The van der Waals surface area contributed by atoms with Crippen molar-refractivity contribution in [3.63, 3.8) is 0 Å². The van der Waals surface area contributed by atoms with Gasteiger partial charge in [0.1, 0.15) is 24.8 Å². The fourth-order valence-corrected chi connectivity index (χ4v) is 8.54.